The number of pyridine rings is 2. The van der Waals surface area contributed by atoms with Gasteiger partial charge in [0, 0.05) is 36.9 Å². The van der Waals surface area contributed by atoms with Crippen LogP contribution in [0.15, 0.2) is 60.1 Å². The number of amides is 1. The number of nitrogens with zero attached hydrogens (tertiary/aromatic N) is 7. The van der Waals surface area contributed by atoms with Gasteiger partial charge in [-0.2, -0.15) is 22.7 Å². The van der Waals surface area contributed by atoms with Gasteiger partial charge in [-0.05, 0) is 24.3 Å². The second kappa shape index (κ2) is 13.3. The van der Waals surface area contributed by atoms with Crippen molar-refractivity contribution in [2.75, 3.05) is 6.61 Å². The molecule has 0 bridgehead atoms. The zero-order chi connectivity index (χ0) is 32.2. The predicted octanol–water partition coefficient (Wildman–Crippen LogP) is 1.07. The summed E-state index contributed by atoms with van der Waals surface area (Å²) in [5, 5.41) is 34.4. The molecule has 5 rings (SSSR count). The SMILES string of the molecule is O=C(C(CO)c1ncccc1F)N1Cc2cn(S(=O)(=O)c3cnn(CC(F)F)c3)nc2C1.O=C(O)C(O)c1ncccc1F. The average Bonchev–Trinajstić information content (AvgIpc) is 3.70. The van der Waals surface area contributed by atoms with Crippen molar-refractivity contribution in [1.82, 2.24) is 33.8 Å². The summed E-state index contributed by atoms with van der Waals surface area (Å²) in [5.74, 6) is -4.86. The number of alkyl halides is 2. The monoisotopic (exact) mass is 641 g/mol. The second-order valence-electron chi connectivity index (χ2n) is 9.18. The van der Waals surface area contributed by atoms with Crippen molar-refractivity contribution in [3.8, 4) is 0 Å². The lowest BCUT2D eigenvalue weighted by Gasteiger charge is -2.21. The number of rotatable bonds is 9. The lowest BCUT2D eigenvalue weighted by atomic mass is 10.0. The topological polar surface area (TPSA) is 194 Å². The van der Waals surface area contributed by atoms with E-state index >= 15 is 0 Å². The van der Waals surface area contributed by atoms with Gasteiger partial charge in [0.25, 0.3) is 16.4 Å². The average molecular weight is 642 g/mol. The van der Waals surface area contributed by atoms with Gasteiger partial charge in [-0.25, -0.2) is 22.4 Å². The van der Waals surface area contributed by atoms with E-state index in [-0.39, 0.29) is 23.7 Å². The quantitative estimate of drug-likeness (QED) is 0.221. The van der Waals surface area contributed by atoms with Crippen molar-refractivity contribution in [1.29, 1.82) is 0 Å². The number of fused-ring (bicyclic) bond motifs is 1. The van der Waals surface area contributed by atoms with Crippen molar-refractivity contribution in [2.45, 2.75) is 43.0 Å². The van der Waals surface area contributed by atoms with Gasteiger partial charge in [0.15, 0.2) is 6.10 Å². The third kappa shape index (κ3) is 6.90. The Balaban J connectivity index is 0.000000309. The minimum absolute atomic E-state index is 0.000711. The number of carbonyl (C=O) groups excluding carboxylic acids is 1. The van der Waals surface area contributed by atoms with Gasteiger partial charge in [0.05, 0.1) is 30.7 Å². The zero-order valence-corrected chi connectivity index (χ0v) is 23.1. The highest BCUT2D eigenvalue weighted by atomic mass is 32.2. The molecule has 0 radical (unpaired) electrons. The molecule has 1 amide bonds. The normalized spacial score (nSPS) is 14.1. The molecule has 234 valence electrons. The molecule has 44 heavy (non-hydrogen) atoms. The van der Waals surface area contributed by atoms with E-state index < -0.39 is 70.8 Å². The van der Waals surface area contributed by atoms with Crippen LogP contribution >= 0.6 is 0 Å². The van der Waals surface area contributed by atoms with Crippen LogP contribution in [-0.4, -0.2) is 82.5 Å². The van der Waals surface area contributed by atoms with Gasteiger partial charge in [0.2, 0.25) is 5.91 Å². The molecule has 19 heteroatoms. The molecule has 1 aliphatic rings. The summed E-state index contributed by atoms with van der Waals surface area (Å²) in [5.41, 5.74) is 0.100. The molecular weight excluding hydrogens is 618 g/mol. The maximum Gasteiger partial charge on any atom is 0.338 e. The standard InChI is InChI=1S/C18H17F3N6O4S.C7H6FNO3/c19-14-2-1-3-22-17(14)13(10-28)18(29)25-5-11-6-27(24-15(11)8-25)32(30,31)12-4-23-26(7-12)9-16(20)21;8-4-2-1-3-9-5(4)6(10)7(11)12/h1-4,6-7,13,16,28H,5,8-10H2;1-3,6,10H,(H,11,12). The number of aromatic nitrogens is 6. The van der Waals surface area contributed by atoms with E-state index in [0.717, 1.165) is 29.2 Å². The first-order valence-corrected chi connectivity index (χ1v) is 13.9. The summed E-state index contributed by atoms with van der Waals surface area (Å²) in [6.07, 6.45) is 1.09. The van der Waals surface area contributed by atoms with Crippen LogP contribution in [0.2, 0.25) is 0 Å². The Morgan fingerprint density at radius 2 is 1.64 bits per heavy atom. The highest BCUT2D eigenvalue weighted by molar-refractivity contribution is 7.89. The summed E-state index contributed by atoms with van der Waals surface area (Å²) in [6.45, 7) is -1.45. The third-order valence-corrected chi connectivity index (χ3v) is 7.71. The van der Waals surface area contributed by atoms with Crippen LogP contribution in [0.4, 0.5) is 17.6 Å². The van der Waals surface area contributed by atoms with E-state index in [1.54, 1.807) is 0 Å². The van der Waals surface area contributed by atoms with Crippen LogP contribution in [0.5, 0.6) is 0 Å². The van der Waals surface area contributed by atoms with E-state index in [1.165, 1.54) is 35.6 Å². The lowest BCUT2D eigenvalue weighted by Crippen LogP contribution is -2.34. The first kappa shape index (κ1) is 32.2. The van der Waals surface area contributed by atoms with E-state index in [2.05, 4.69) is 20.2 Å². The van der Waals surface area contributed by atoms with Gasteiger partial charge in [-0.15, -0.1) is 0 Å². The second-order valence-corrected chi connectivity index (χ2v) is 11.0. The summed E-state index contributed by atoms with van der Waals surface area (Å²) < 4.78 is 78.7. The molecule has 0 fully saturated rings. The maximum absolute atomic E-state index is 14.0. The Morgan fingerprint density at radius 1 is 1.00 bits per heavy atom. The van der Waals surface area contributed by atoms with Crippen molar-refractivity contribution >= 4 is 21.9 Å². The van der Waals surface area contributed by atoms with Crippen LogP contribution in [0.1, 0.15) is 34.7 Å². The number of hydrogen-bond acceptors (Lipinski definition) is 10. The van der Waals surface area contributed by atoms with Crippen molar-refractivity contribution in [2.24, 2.45) is 0 Å². The Bertz CT molecular complexity index is 1740. The Hall–Kier alpha value is -4.75. The molecule has 2 unspecified atom stereocenters. The van der Waals surface area contributed by atoms with Crippen LogP contribution in [0.25, 0.3) is 0 Å². The third-order valence-electron chi connectivity index (χ3n) is 6.23. The number of carboxylic acids is 1. The van der Waals surface area contributed by atoms with E-state index in [1.807, 2.05) is 0 Å². The largest absolute Gasteiger partial charge is 0.479 e. The minimum Gasteiger partial charge on any atom is -0.479 e. The fourth-order valence-electron chi connectivity index (χ4n) is 4.11. The van der Waals surface area contributed by atoms with E-state index in [0.29, 0.717) is 15.3 Å². The number of hydrogen-bond donors (Lipinski definition) is 3. The number of aliphatic hydroxyl groups excluding tert-OH is 2. The van der Waals surface area contributed by atoms with Gasteiger partial charge in [0.1, 0.15) is 34.7 Å². The van der Waals surface area contributed by atoms with Crippen LogP contribution < -0.4 is 0 Å². The molecule has 0 aromatic carbocycles. The molecule has 4 aromatic rings. The first-order chi connectivity index (χ1) is 20.8. The smallest absolute Gasteiger partial charge is 0.338 e. The van der Waals surface area contributed by atoms with Crippen molar-refractivity contribution in [3.63, 3.8) is 0 Å². The highest BCUT2D eigenvalue weighted by Crippen LogP contribution is 2.28. The summed E-state index contributed by atoms with van der Waals surface area (Å²) in [4.78, 5) is 31.3. The fourth-order valence-corrected chi connectivity index (χ4v) is 5.23. The van der Waals surface area contributed by atoms with Crippen molar-refractivity contribution < 1.29 is 50.9 Å². The molecule has 0 saturated carbocycles. The number of aliphatic hydroxyl groups is 2. The minimum atomic E-state index is -4.16. The molecule has 0 saturated heterocycles. The fraction of sp³-hybridized carbons (Fsp3) is 0.280. The predicted molar refractivity (Wildman–Crippen MR) is 138 cm³/mol. The summed E-state index contributed by atoms with van der Waals surface area (Å²) in [6, 6.07) is 4.85. The maximum atomic E-state index is 14.0. The zero-order valence-electron chi connectivity index (χ0n) is 22.3. The number of carbonyl (C=O) groups is 2. The molecule has 14 nitrogen and oxygen atoms in total. The summed E-state index contributed by atoms with van der Waals surface area (Å²) >= 11 is 0. The number of halogens is 4. The molecule has 1 aliphatic heterocycles. The number of aliphatic carboxylic acids is 1. The lowest BCUT2D eigenvalue weighted by molar-refractivity contribution is -0.147. The van der Waals surface area contributed by atoms with Gasteiger partial charge < -0.3 is 20.2 Å². The van der Waals surface area contributed by atoms with Crippen LogP contribution in [0, 0.1) is 11.6 Å². The molecule has 3 N–H and O–H groups in total. The molecule has 2 atom stereocenters. The molecular formula is C25H23F4N7O7S. The van der Waals surface area contributed by atoms with Gasteiger partial charge >= 0.3 is 5.97 Å². The Kier molecular flexibility index (Phi) is 9.70. The van der Waals surface area contributed by atoms with Crippen LogP contribution in [0.3, 0.4) is 0 Å². The van der Waals surface area contributed by atoms with Crippen molar-refractivity contribution in [3.05, 3.63) is 89.5 Å². The van der Waals surface area contributed by atoms with E-state index in [9.17, 15) is 40.7 Å². The van der Waals surface area contributed by atoms with E-state index in [4.69, 9.17) is 10.2 Å². The molecule has 0 spiro atoms. The summed E-state index contributed by atoms with van der Waals surface area (Å²) in [7, 11) is -4.16. The molecule has 4 aromatic heterocycles. The highest BCUT2D eigenvalue weighted by Gasteiger charge is 2.35. The molecule has 0 aliphatic carbocycles. The Morgan fingerprint density at radius 3 is 2.18 bits per heavy atom. The van der Waals surface area contributed by atoms with Gasteiger partial charge in [-0.1, -0.05) is 0 Å². The molecule has 5 heterocycles. The first-order valence-electron chi connectivity index (χ1n) is 12.5. The van der Waals surface area contributed by atoms with Crippen LogP contribution in [-0.2, 0) is 39.2 Å². The van der Waals surface area contributed by atoms with Gasteiger partial charge in [-0.3, -0.25) is 19.4 Å². The Labute approximate surface area is 245 Å². The number of carboxylic acid groups (broad SMARTS) is 1.